The van der Waals surface area contributed by atoms with Gasteiger partial charge in [-0.25, -0.2) is 0 Å². The number of carbonyl (C=O) groups excluding carboxylic acids is 3. The molecule has 1 aromatic heterocycles. The fraction of sp³-hybridized carbons (Fsp3) is 0.321. The fourth-order valence-corrected chi connectivity index (χ4v) is 3.67. The van der Waals surface area contributed by atoms with Gasteiger partial charge in [0.1, 0.15) is 24.6 Å². The van der Waals surface area contributed by atoms with Crippen LogP contribution in [0.1, 0.15) is 54.5 Å². The van der Waals surface area contributed by atoms with Crippen molar-refractivity contribution in [2.24, 2.45) is 0 Å². The molecule has 206 valence electrons. The molecule has 3 amide bonds. The van der Waals surface area contributed by atoms with Crippen molar-refractivity contribution in [1.82, 2.24) is 10.2 Å². The Labute approximate surface area is 223 Å². The van der Waals surface area contributed by atoms with E-state index in [-0.39, 0.29) is 6.04 Å². The van der Waals surface area contributed by atoms with Crippen molar-refractivity contribution in [3.05, 3.63) is 77.7 Å². The molecule has 1 aliphatic rings. The minimum Gasteiger partial charge on any atom is -0.457 e. The van der Waals surface area contributed by atoms with E-state index in [1.165, 1.54) is 5.56 Å². The number of furan rings is 1. The van der Waals surface area contributed by atoms with Gasteiger partial charge in [0.05, 0.1) is 0 Å². The molecule has 39 heavy (non-hydrogen) atoms. The first-order valence-corrected chi connectivity index (χ1v) is 12.4. The molecule has 0 atom stereocenters. The summed E-state index contributed by atoms with van der Waals surface area (Å²) in [5.74, 6) is -2.57. The molecule has 0 saturated heterocycles. The third-order valence-electron chi connectivity index (χ3n) is 5.92. The predicted molar refractivity (Wildman–Crippen MR) is 136 cm³/mol. The lowest BCUT2D eigenvalue weighted by Gasteiger charge is -2.21. The van der Waals surface area contributed by atoms with E-state index in [0.717, 1.165) is 23.8 Å². The lowest BCUT2D eigenvalue weighted by atomic mass is 10.0. The van der Waals surface area contributed by atoms with Gasteiger partial charge in [-0.15, -0.1) is 0 Å². The Kier molecular flexibility index (Phi) is 8.27. The Bertz CT molecular complexity index is 1310. The number of benzene rings is 2. The lowest BCUT2D eigenvalue weighted by Crippen LogP contribution is -2.44. The number of amides is 3. The number of rotatable bonds is 10. The van der Waals surface area contributed by atoms with Crippen LogP contribution in [0.25, 0.3) is 0 Å². The van der Waals surface area contributed by atoms with E-state index in [1.807, 2.05) is 24.3 Å². The molecule has 0 spiro atoms. The zero-order valence-electron chi connectivity index (χ0n) is 21.4. The Morgan fingerprint density at radius 1 is 0.923 bits per heavy atom. The van der Waals surface area contributed by atoms with E-state index in [1.54, 1.807) is 24.3 Å². The van der Waals surface area contributed by atoms with Gasteiger partial charge in [-0.3, -0.25) is 14.4 Å². The first-order chi connectivity index (χ1) is 18.5. The number of carbonyl (C=O) groups is 3. The van der Waals surface area contributed by atoms with Gasteiger partial charge in [0, 0.05) is 11.7 Å². The second-order valence-electron chi connectivity index (χ2n) is 9.56. The number of nitrogens with zero attached hydrogens (tertiary/aromatic N) is 1. The van der Waals surface area contributed by atoms with Gasteiger partial charge >= 0.3 is 6.18 Å². The molecule has 2 N–H and O–H groups in total. The van der Waals surface area contributed by atoms with E-state index in [4.69, 9.17) is 4.74 Å². The molecule has 1 fully saturated rings. The maximum atomic E-state index is 12.9. The van der Waals surface area contributed by atoms with Crippen molar-refractivity contribution in [2.45, 2.75) is 44.8 Å². The third kappa shape index (κ3) is 7.86. The van der Waals surface area contributed by atoms with Gasteiger partial charge in [-0.2, -0.15) is 13.2 Å². The van der Waals surface area contributed by atoms with Crippen molar-refractivity contribution in [2.75, 3.05) is 18.4 Å². The molecular weight excluding hydrogens is 515 g/mol. The van der Waals surface area contributed by atoms with Crippen LogP contribution in [0.4, 0.5) is 18.9 Å². The lowest BCUT2D eigenvalue weighted by molar-refractivity contribution is -0.153. The highest BCUT2D eigenvalue weighted by Crippen LogP contribution is 2.31. The maximum absolute atomic E-state index is 12.9. The number of anilines is 1. The van der Waals surface area contributed by atoms with E-state index in [2.05, 4.69) is 28.9 Å². The summed E-state index contributed by atoms with van der Waals surface area (Å²) in [7, 11) is 0. The largest absolute Gasteiger partial charge is 0.457 e. The van der Waals surface area contributed by atoms with Crippen LogP contribution in [0.15, 0.2) is 65.1 Å². The van der Waals surface area contributed by atoms with Crippen molar-refractivity contribution in [3.63, 3.8) is 0 Å². The molecule has 0 radical (unpaired) electrons. The zero-order valence-corrected chi connectivity index (χ0v) is 21.4. The minimum atomic E-state index is -4.78. The van der Waals surface area contributed by atoms with Crippen LogP contribution in [0, 0.1) is 0 Å². The molecule has 3 aromatic rings. The van der Waals surface area contributed by atoms with Gasteiger partial charge in [0.25, 0.3) is 5.91 Å². The first-order valence-electron chi connectivity index (χ1n) is 12.4. The smallest absolute Gasteiger partial charge is 0.449 e. The Hall–Kier alpha value is -4.28. The highest BCUT2D eigenvalue weighted by molar-refractivity contribution is 5.99. The number of nitrogens with one attached hydrogen (secondary N) is 2. The number of hydrogen-bond acceptors (Lipinski definition) is 5. The van der Waals surface area contributed by atoms with Gasteiger partial charge in [-0.05, 0) is 72.9 Å². The zero-order chi connectivity index (χ0) is 28.2. The highest BCUT2D eigenvalue weighted by Gasteiger charge is 2.36. The van der Waals surface area contributed by atoms with E-state index in [0.29, 0.717) is 29.2 Å². The number of ether oxygens (including phenoxy) is 1. The molecule has 4 rings (SSSR count). The molecule has 1 aliphatic carbocycles. The topological polar surface area (TPSA) is 101 Å². The van der Waals surface area contributed by atoms with Crippen LogP contribution in [-0.2, 0) is 15.8 Å². The molecule has 0 aliphatic heterocycles. The Morgan fingerprint density at radius 3 is 2.05 bits per heavy atom. The van der Waals surface area contributed by atoms with Gasteiger partial charge in [0.15, 0.2) is 5.76 Å². The standard InChI is InChI=1S/C28H28F3N3O5/c1-17(2)18-3-9-21(10-4-18)38-22-11-7-20(8-12-22)33-26(36)16-34(15-25(35)32-19-5-6-19)27(37)23-13-14-24(39-23)28(29,30)31/h3-4,7-14,17,19H,5-6,15-16H2,1-2H3,(H,32,35)(H,33,36). The Balaban J connectivity index is 1.39. The van der Waals surface area contributed by atoms with Crippen LogP contribution < -0.4 is 15.4 Å². The monoisotopic (exact) mass is 543 g/mol. The number of halogens is 3. The normalized spacial score (nSPS) is 13.2. The average Bonchev–Trinajstić information content (AvgIpc) is 3.53. The molecule has 8 nitrogen and oxygen atoms in total. The van der Waals surface area contributed by atoms with Crippen molar-refractivity contribution in [1.29, 1.82) is 0 Å². The molecule has 11 heteroatoms. The molecule has 0 bridgehead atoms. The number of alkyl halides is 3. The van der Waals surface area contributed by atoms with Crippen molar-refractivity contribution in [3.8, 4) is 11.5 Å². The number of hydrogen-bond donors (Lipinski definition) is 2. The van der Waals surface area contributed by atoms with E-state index in [9.17, 15) is 27.6 Å². The van der Waals surface area contributed by atoms with Crippen LogP contribution in [0.5, 0.6) is 11.5 Å². The average molecular weight is 544 g/mol. The van der Waals surface area contributed by atoms with Crippen molar-refractivity contribution < 1.29 is 36.7 Å². The summed E-state index contributed by atoms with van der Waals surface area (Å²) in [4.78, 5) is 38.8. The summed E-state index contributed by atoms with van der Waals surface area (Å²) in [6.45, 7) is 3.09. The molecule has 2 aromatic carbocycles. The van der Waals surface area contributed by atoms with Crippen LogP contribution in [0.3, 0.4) is 0 Å². The van der Waals surface area contributed by atoms with E-state index >= 15 is 0 Å². The second-order valence-corrected chi connectivity index (χ2v) is 9.56. The SMILES string of the molecule is CC(C)c1ccc(Oc2ccc(NC(=O)CN(CC(=O)NC3CC3)C(=O)c3ccc(C(F)(F)F)o3)cc2)cc1. The summed E-state index contributed by atoms with van der Waals surface area (Å²) < 4.78 is 49.2. The van der Waals surface area contributed by atoms with Gasteiger partial charge in [-0.1, -0.05) is 26.0 Å². The first kappa shape index (κ1) is 27.7. The summed E-state index contributed by atoms with van der Waals surface area (Å²) in [6, 6.07) is 15.7. The van der Waals surface area contributed by atoms with Gasteiger partial charge < -0.3 is 24.7 Å². The minimum absolute atomic E-state index is 0.00222. The van der Waals surface area contributed by atoms with Crippen LogP contribution >= 0.6 is 0 Å². The summed E-state index contributed by atoms with van der Waals surface area (Å²) in [6.07, 6.45) is -3.18. The van der Waals surface area contributed by atoms with Crippen LogP contribution in [-0.4, -0.2) is 41.8 Å². The highest BCUT2D eigenvalue weighted by atomic mass is 19.4. The quantitative estimate of drug-likeness (QED) is 0.348. The van der Waals surface area contributed by atoms with Crippen LogP contribution in [0.2, 0.25) is 0 Å². The molecule has 1 saturated carbocycles. The van der Waals surface area contributed by atoms with Gasteiger partial charge in [0.2, 0.25) is 17.6 Å². The van der Waals surface area contributed by atoms with Crippen molar-refractivity contribution >= 4 is 23.4 Å². The molecule has 1 heterocycles. The summed E-state index contributed by atoms with van der Waals surface area (Å²) >= 11 is 0. The molecule has 0 unspecified atom stereocenters. The van der Waals surface area contributed by atoms with E-state index < -0.39 is 48.5 Å². The predicted octanol–water partition coefficient (Wildman–Crippen LogP) is 5.57. The maximum Gasteiger partial charge on any atom is 0.449 e. The summed E-state index contributed by atoms with van der Waals surface area (Å²) in [5, 5.41) is 5.30. The Morgan fingerprint density at radius 2 is 1.51 bits per heavy atom. The fourth-order valence-electron chi connectivity index (χ4n) is 3.67. The second kappa shape index (κ2) is 11.6. The summed E-state index contributed by atoms with van der Waals surface area (Å²) in [5.41, 5.74) is 1.58. The third-order valence-corrected chi connectivity index (χ3v) is 5.92. The molecular formula is C28H28F3N3O5.